The summed E-state index contributed by atoms with van der Waals surface area (Å²) < 4.78 is 0. The van der Waals surface area contributed by atoms with Crippen LogP contribution in [0.15, 0.2) is 16.8 Å². The van der Waals surface area contributed by atoms with Crippen LogP contribution in [0.5, 0.6) is 0 Å². The van der Waals surface area contributed by atoms with E-state index in [2.05, 4.69) is 47.8 Å². The Kier molecular flexibility index (Phi) is 4.82. The number of rotatable bonds is 5. The predicted molar refractivity (Wildman–Crippen MR) is 80.4 cm³/mol. The molecular weight excluding hydrogens is 240 g/mol. The van der Waals surface area contributed by atoms with E-state index in [1.54, 1.807) is 0 Å². The van der Waals surface area contributed by atoms with Crippen molar-refractivity contribution in [2.45, 2.75) is 51.6 Å². The second-order valence-electron chi connectivity index (χ2n) is 5.54. The molecular formula is C15H26N2S. The molecule has 1 N–H and O–H groups in total. The van der Waals surface area contributed by atoms with Crippen LogP contribution in [0.2, 0.25) is 0 Å². The number of piperazine rings is 1. The summed E-state index contributed by atoms with van der Waals surface area (Å²) in [6.45, 7) is 10.5. The summed E-state index contributed by atoms with van der Waals surface area (Å²) in [5.74, 6) is 0. The van der Waals surface area contributed by atoms with Crippen molar-refractivity contribution >= 4 is 11.3 Å². The Hall–Kier alpha value is -0.380. The van der Waals surface area contributed by atoms with Crippen LogP contribution in [0, 0.1) is 0 Å². The lowest BCUT2D eigenvalue weighted by atomic mass is 9.87. The van der Waals surface area contributed by atoms with E-state index >= 15 is 0 Å². The lowest BCUT2D eigenvalue weighted by molar-refractivity contribution is 0.0361. The van der Waals surface area contributed by atoms with E-state index in [1.165, 1.54) is 37.9 Å². The lowest BCUT2D eigenvalue weighted by Gasteiger charge is -2.49. The molecule has 1 atom stereocenters. The normalized spacial score (nSPS) is 24.3. The van der Waals surface area contributed by atoms with Gasteiger partial charge in [0.15, 0.2) is 0 Å². The van der Waals surface area contributed by atoms with Gasteiger partial charge in [-0.3, -0.25) is 4.90 Å². The lowest BCUT2D eigenvalue weighted by Crippen LogP contribution is -2.63. The molecule has 1 unspecified atom stereocenters. The zero-order valence-electron chi connectivity index (χ0n) is 11.9. The first-order chi connectivity index (χ1) is 8.70. The van der Waals surface area contributed by atoms with Crippen LogP contribution in [0.1, 0.15) is 39.2 Å². The summed E-state index contributed by atoms with van der Waals surface area (Å²) in [6, 6.07) is 2.88. The second kappa shape index (κ2) is 6.18. The van der Waals surface area contributed by atoms with Gasteiger partial charge in [0.2, 0.25) is 0 Å². The van der Waals surface area contributed by atoms with E-state index in [0.717, 1.165) is 6.54 Å². The fourth-order valence-electron chi connectivity index (χ4n) is 3.04. The average molecular weight is 266 g/mol. The van der Waals surface area contributed by atoms with Crippen molar-refractivity contribution in [3.05, 3.63) is 22.4 Å². The standard InChI is InChI=1S/C15H26N2S/c1-4-15(5-2)12-16-13(3)10-17(15)8-6-14-7-9-18-11-14/h7,9,11,13,16H,4-6,8,10,12H2,1-3H3. The third-order valence-electron chi connectivity index (χ3n) is 4.51. The first kappa shape index (κ1) is 14.0. The Morgan fingerprint density at radius 3 is 2.83 bits per heavy atom. The zero-order chi connectivity index (χ0) is 13.0. The number of nitrogens with zero attached hydrogens (tertiary/aromatic N) is 1. The van der Waals surface area contributed by atoms with Gasteiger partial charge in [-0.25, -0.2) is 0 Å². The molecule has 1 aromatic heterocycles. The SMILES string of the molecule is CCC1(CC)CNC(C)CN1CCc1ccsc1. The predicted octanol–water partition coefficient (Wildman–Crippen LogP) is 3.14. The van der Waals surface area contributed by atoms with E-state index in [-0.39, 0.29) is 0 Å². The van der Waals surface area contributed by atoms with Crippen LogP contribution in [0.4, 0.5) is 0 Å². The molecule has 0 bridgehead atoms. The Labute approximate surface area is 115 Å². The monoisotopic (exact) mass is 266 g/mol. The highest BCUT2D eigenvalue weighted by molar-refractivity contribution is 7.07. The average Bonchev–Trinajstić information content (AvgIpc) is 2.90. The van der Waals surface area contributed by atoms with Crippen molar-refractivity contribution in [1.82, 2.24) is 10.2 Å². The Morgan fingerprint density at radius 2 is 2.22 bits per heavy atom. The van der Waals surface area contributed by atoms with Crippen LogP contribution in [0.3, 0.4) is 0 Å². The first-order valence-corrected chi connectivity index (χ1v) is 8.14. The summed E-state index contributed by atoms with van der Waals surface area (Å²) in [4.78, 5) is 2.73. The highest BCUT2D eigenvalue weighted by Crippen LogP contribution is 2.27. The molecule has 1 saturated heterocycles. The number of hydrogen-bond acceptors (Lipinski definition) is 3. The van der Waals surface area contributed by atoms with E-state index in [4.69, 9.17) is 0 Å². The van der Waals surface area contributed by atoms with Crippen molar-refractivity contribution in [3.63, 3.8) is 0 Å². The number of thiophene rings is 1. The topological polar surface area (TPSA) is 15.3 Å². The summed E-state index contributed by atoms with van der Waals surface area (Å²) >= 11 is 1.81. The minimum Gasteiger partial charge on any atom is -0.311 e. The van der Waals surface area contributed by atoms with Crippen molar-refractivity contribution < 1.29 is 0 Å². The third-order valence-corrected chi connectivity index (χ3v) is 5.24. The van der Waals surface area contributed by atoms with Crippen LogP contribution in [-0.4, -0.2) is 36.1 Å². The quantitative estimate of drug-likeness (QED) is 0.881. The maximum Gasteiger partial charge on any atom is 0.0329 e. The van der Waals surface area contributed by atoms with E-state index < -0.39 is 0 Å². The van der Waals surface area contributed by atoms with Crippen molar-refractivity contribution in [1.29, 1.82) is 0 Å². The molecule has 1 fully saturated rings. The third kappa shape index (κ3) is 2.95. The highest BCUT2D eigenvalue weighted by Gasteiger charge is 2.37. The molecule has 0 spiro atoms. The molecule has 102 valence electrons. The minimum atomic E-state index is 0.378. The van der Waals surface area contributed by atoms with Gasteiger partial charge in [-0.2, -0.15) is 11.3 Å². The van der Waals surface area contributed by atoms with Crippen molar-refractivity contribution in [2.75, 3.05) is 19.6 Å². The maximum absolute atomic E-state index is 3.66. The molecule has 0 amide bonds. The van der Waals surface area contributed by atoms with Crippen molar-refractivity contribution in [3.8, 4) is 0 Å². The molecule has 0 radical (unpaired) electrons. The van der Waals surface area contributed by atoms with Crippen LogP contribution in [0.25, 0.3) is 0 Å². The molecule has 3 heteroatoms. The Balaban J connectivity index is 2.01. The molecule has 0 saturated carbocycles. The fraction of sp³-hybridized carbons (Fsp3) is 0.733. The number of hydrogen-bond donors (Lipinski definition) is 1. The first-order valence-electron chi connectivity index (χ1n) is 7.19. The molecule has 0 aliphatic carbocycles. The number of nitrogens with one attached hydrogen (secondary N) is 1. The summed E-state index contributed by atoms with van der Waals surface area (Å²) in [6.07, 6.45) is 3.68. The van der Waals surface area contributed by atoms with Gasteiger partial charge in [-0.05, 0) is 48.6 Å². The van der Waals surface area contributed by atoms with Crippen LogP contribution < -0.4 is 5.32 Å². The molecule has 2 rings (SSSR count). The maximum atomic E-state index is 3.66. The van der Waals surface area contributed by atoms with E-state index in [9.17, 15) is 0 Å². The fourth-order valence-corrected chi connectivity index (χ4v) is 3.74. The van der Waals surface area contributed by atoms with Gasteiger partial charge in [0.05, 0.1) is 0 Å². The van der Waals surface area contributed by atoms with Gasteiger partial charge >= 0.3 is 0 Å². The summed E-state index contributed by atoms with van der Waals surface area (Å²) in [5.41, 5.74) is 1.87. The smallest absolute Gasteiger partial charge is 0.0329 e. The summed E-state index contributed by atoms with van der Waals surface area (Å²) in [5, 5.41) is 8.12. The molecule has 2 nitrogen and oxygen atoms in total. The minimum absolute atomic E-state index is 0.378. The van der Waals surface area contributed by atoms with Gasteiger partial charge in [0.25, 0.3) is 0 Å². The van der Waals surface area contributed by atoms with Gasteiger partial charge < -0.3 is 5.32 Å². The highest BCUT2D eigenvalue weighted by atomic mass is 32.1. The molecule has 18 heavy (non-hydrogen) atoms. The van der Waals surface area contributed by atoms with Crippen LogP contribution >= 0.6 is 11.3 Å². The van der Waals surface area contributed by atoms with Gasteiger partial charge in [-0.15, -0.1) is 0 Å². The van der Waals surface area contributed by atoms with Crippen LogP contribution in [-0.2, 0) is 6.42 Å². The van der Waals surface area contributed by atoms with E-state index in [1.807, 2.05) is 11.3 Å². The Bertz CT molecular complexity index is 343. The zero-order valence-corrected chi connectivity index (χ0v) is 12.7. The molecule has 0 aromatic carbocycles. The largest absolute Gasteiger partial charge is 0.311 e. The van der Waals surface area contributed by atoms with Gasteiger partial charge in [0, 0.05) is 31.2 Å². The molecule has 1 aliphatic heterocycles. The Morgan fingerprint density at radius 1 is 1.44 bits per heavy atom. The summed E-state index contributed by atoms with van der Waals surface area (Å²) in [7, 11) is 0. The molecule has 1 aliphatic rings. The molecule has 2 heterocycles. The molecule has 1 aromatic rings. The van der Waals surface area contributed by atoms with E-state index in [0.29, 0.717) is 11.6 Å². The van der Waals surface area contributed by atoms with Gasteiger partial charge in [0.1, 0.15) is 0 Å². The van der Waals surface area contributed by atoms with Gasteiger partial charge in [-0.1, -0.05) is 13.8 Å². The van der Waals surface area contributed by atoms with Crippen molar-refractivity contribution in [2.24, 2.45) is 0 Å². The second-order valence-corrected chi connectivity index (χ2v) is 6.32.